The lowest BCUT2D eigenvalue weighted by molar-refractivity contribution is -0.122. The fraction of sp³-hybridized carbons (Fsp3) is 0.615. The second kappa shape index (κ2) is 6.56. The number of hydrogen-bond acceptors (Lipinski definition) is 4. The summed E-state index contributed by atoms with van der Waals surface area (Å²) in [6.07, 6.45) is 1.62. The molecule has 0 bridgehead atoms. The van der Waals surface area contributed by atoms with Crippen LogP contribution >= 0.6 is 0 Å². The van der Waals surface area contributed by atoms with Gasteiger partial charge in [-0.3, -0.25) is 9.69 Å². The molecule has 0 aliphatic carbocycles. The van der Waals surface area contributed by atoms with Crippen LogP contribution in [0.4, 0.5) is 0 Å². The summed E-state index contributed by atoms with van der Waals surface area (Å²) < 4.78 is 5.17. The SMILES string of the molecule is CCN1CCN(CC(=O)NCc2ccco2)CC1. The van der Waals surface area contributed by atoms with E-state index in [0.29, 0.717) is 13.1 Å². The van der Waals surface area contributed by atoms with Crippen molar-refractivity contribution in [2.24, 2.45) is 0 Å². The number of furan rings is 1. The molecular formula is C13H21N3O2. The number of amides is 1. The zero-order chi connectivity index (χ0) is 12.8. The lowest BCUT2D eigenvalue weighted by Gasteiger charge is -2.33. The number of carbonyl (C=O) groups is 1. The summed E-state index contributed by atoms with van der Waals surface area (Å²) in [6.45, 7) is 8.29. The third-order valence-electron chi connectivity index (χ3n) is 3.32. The molecule has 1 fully saturated rings. The molecule has 1 aliphatic rings. The minimum atomic E-state index is 0.0661. The maximum absolute atomic E-state index is 11.7. The third kappa shape index (κ3) is 3.85. The van der Waals surface area contributed by atoms with Gasteiger partial charge in [-0.25, -0.2) is 0 Å². The average Bonchev–Trinajstić information content (AvgIpc) is 2.90. The van der Waals surface area contributed by atoms with Crippen LogP contribution in [0, 0.1) is 0 Å². The molecule has 18 heavy (non-hydrogen) atoms. The first kappa shape index (κ1) is 13.1. The first-order chi connectivity index (χ1) is 8.78. The normalized spacial score (nSPS) is 17.8. The molecule has 0 aromatic carbocycles. The second-order valence-electron chi connectivity index (χ2n) is 4.57. The van der Waals surface area contributed by atoms with E-state index in [2.05, 4.69) is 22.0 Å². The predicted molar refractivity (Wildman–Crippen MR) is 69.1 cm³/mol. The number of likely N-dealkylation sites (N-methyl/N-ethyl adjacent to an activating group) is 1. The van der Waals surface area contributed by atoms with E-state index in [9.17, 15) is 4.79 Å². The van der Waals surface area contributed by atoms with Crippen LogP contribution in [-0.4, -0.2) is 55.0 Å². The van der Waals surface area contributed by atoms with Gasteiger partial charge >= 0.3 is 0 Å². The Bertz CT molecular complexity index is 356. The zero-order valence-electron chi connectivity index (χ0n) is 10.9. The Morgan fingerprint density at radius 2 is 2.06 bits per heavy atom. The van der Waals surface area contributed by atoms with E-state index in [1.165, 1.54) is 0 Å². The maximum Gasteiger partial charge on any atom is 0.234 e. The molecule has 0 saturated carbocycles. The molecule has 1 aliphatic heterocycles. The molecule has 0 unspecified atom stereocenters. The Morgan fingerprint density at radius 3 is 2.67 bits per heavy atom. The topological polar surface area (TPSA) is 48.7 Å². The Kier molecular flexibility index (Phi) is 4.78. The van der Waals surface area contributed by atoms with Gasteiger partial charge in [0.25, 0.3) is 0 Å². The molecule has 0 radical (unpaired) electrons. The monoisotopic (exact) mass is 251 g/mol. The number of carbonyl (C=O) groups excluding carboxylic acids is 1. The van der Waals surface area contributed by atoms with Crippen molar-refractivity contribution in [3.05, 3.63) is 24.2 Å². The van der Waals surface area contributed by atoms with Gasteiger partial charge < -0.3 is 14.6 Å². The van der Waals surface area contributed by atoms with Crippen LogP contribution in [-0.2, 0) is 11.3 Å². The quantitative estimate of drug-likeness (QED) is 0.829. The highest BCUT2D eigenvalue weighted by atomic mass is 16.3. The van der Waals surface area contributed by atoms with Gasteiger partial charge in [0.2, 0.25) is 5.91 Å². The highest BCUT2D eigenvalue weighted by Crippen LogP contribution is 2.01. The van der Waals surface area contributed by atoms with Crippen LogP contribution in [0.1, 0.15) is 12.7 Å². The Morgan fingerprint density at radius 1 is 1.33 bits per heavy atom. The van der Waals surface area contributed by atoms with Crippen LogP contribution in [0.3, 0.4) is 0 Å². The van der Waals surface area contributed by atoms with Crippen LogP contribution in [0.15, 0.2) is 22.8 Å². The Hall–Kier alpha value is -1.33. The minimum absolute atomic E-state index is 0.0661. The molecule has 5 heteroatoms. The molecule has 0 spiro atoms. The number of piperazine rings is 1. The van der Waals surface area contributed by atoms with E-state index in [0.717, 1.165) is 38.5 Å². The van der Waals surface area contributed by atoms with Gasteiger partial charge in [-0.05, 0) is 18.7 Å². The fourth-order valence-corrected chi connectivity index (χ4v) is 2.12. The number of hydrogen-bond donors (Lipinski definition) is 1. The van der Waals surface area contributed by atoms with E-state index in [-0.39, 0.29) is 5.91 Å². The summed E-state index contributed by atoms with van der Waals surface area (Å²) in [4.78, 5) is 16.3. The van der Waals surface area contributed by atoms with E-state index >= 15 is 0 Å². The van der Waals surface area contributed by atoms with Gasteiger partial charge in [-0.15, -0.1) is 0 Å². The van der Waals surface area contributed by atoms with Crippen molar-refractivity contribution in [1.29, 1.82) is 0 Å². The highest BCUT2D eigenvalue weighted by molar-refractivity contribution is 5.77. The van der Waals surface area contributed by atoms with Gasteiger partial charge in [0.1, 0.15) is 5.76 Å². The van der Waals surface area contributed by atoms with Crippen molar-refractivity contribution < 1.29 is 9.21 Å². The molecule has 1 aromatic rings. The summed E-state index contributed by atoms with van der Waals surface area (Å²) in [5.74, 6) is 0.857. The smallest absolute Gasteiger partial charge is 0.234 e. The predicted octanol–water partition coefficient (Wildman–Crippen LogP) is 0.533. The summed E-state index contributed by atoms with van der Waals surface area (Å²) >= 11 is 0. The molecule has 0 atom stereocenters. The van der Waals surface area contributed by atoms with E-state index < -0.39 is 0 Å². The summed E-state index contributed by atoms with van der Waals surface area (Å²) in [5, 5.41) is 2.87. The number of nitrogens with one attached hydrogen (secondary N) is 1. The van der Waals surface area contributed by atoms with Crippen LogP contribution < -0.4 is 5.32 Å². The van der Waals surface area contributed by atoms with E-state index in [4.69, 9.17) is 4.42 Å². The minimum Gasteiger partial charge on any atom is -0.467 e. The average molecular weight is 251 g/mol. The van der Waals surface area contributed by atoms with Gasteiger partial charge in [0.05, 0.1) is 19.4 Å². The lowest BCUT2D eigenvalue weighted by atomic mass is 10.3. The van der Waals surface area contributed by atoms with Gasteiger partial charge in [0.15, 0.2) is 0 Å². The van der Waals surface area contributed by atoms with Crippen molar-refractivity contribution in [1.82, 2.24) is 15.1 Å². The molecule has 2 heterocycles. The molecular weight excluding hydrogens is 230 g/mol. The van der Waals surface area contributed by atoms with Gasteiger partial charge in [-0.2, -0.15) is 0 Å². The van der Waals surface area contributed by atoms with Crippen molar-refractivity contribution in [2.45, 2.75) is 13.5 Å². The van der Waals surface area contributed by atoms with Crippen molar-refractivity contribution in [3.8, 4) is 0 Å². The van der Waals surface area contributed by atoms with E-state index in [1.54, 1.807) is 6.26 Å². The van der Waals surface area contributed by atoms with Crippen molar-refractivity contribution >= 4 is 5.91 Å². The number of rotatable bonds is 5. The first-order valence-corrected chi connectivity index (χ1v) is 6.51. The maximum atomic E-state index is 11.7. The molecule has 5 nitrogen and oxygen atoms in total. The summed E-state index contributed by atoms with van der Waals surface area (Å²) in [7, 11) is 0. The Labute approximate surface area is 108 Å². The second-order valence-corrected chi connectivity index (χ2v) is 4.57. The fourth-order valence-electron chi connectivity index (χ4n) is 2.12. The van der Waals surface area contributed by atoms with Crippen molar-refractivity contribution in [2.75, 3.05) is 39.3 Å². The standard InChI is InChI=1S/C13H21N3O2/c1-2-15-5-7-16(8-6-15)11-13(17)14-10-12-4-3-9-18-12/h3-4,9H,2,5-8,10-11H2,1H3,(H,14,17). The first-order valence-electron chi connectivity index (χ1n) is 6.51. The molecule has 2 rings (SSSR count). The molecule has 1 aromatic heterocycles. The summed E-state index contributed by atoms with van der Waals surface area (Å²) in [6, 6.07) is 3.69. The van der Waals surface area contributed by atoms with Crippen LogP contribution in [0.5, 0.6) is 0 Å². The largest absolute Gasteiger partial charge is 0.467 e. The molecule has 1 saturated heterocycles. The third-order valence-corrected chi connectivity index (χ3v) is 3.32. The highest BCUT2D eigenvalue weighted by Gasteiger charge is 2.17. The van der Waals surface area contributed by atoms with Crippen LogP contribution in [0.2, 0.25) is 0 Å². The molecule has 1 N–H and O–H groups in total. The summed E-state index contributed by atoms with van der Waals surface area (Å²) in [5.41, 5.74) is 0. The molecule has 1 amide bonds. The van der Waals surface area contributed by atoms with Crippen LogP contribution in [0.25, 0.3) is 0 Å². The Balaban J connectivity index is 1.65. The van der Waals surface area contributed by atoms with Gasteiger partial charge in [-0.1, -0.05) is 6.92 Å². The van der Waals surface area contributed by atoms with Crippen molar-refractivity contribution in [3.63, 3.8) is 0 Å². The number of nitrogens with zero attached hydrogens (tertiary/aromatic N) is 2. The lowest BCUT2D eigenvalue weighted by Crippen LogP contribution is -2.49. The molecule has 100 valence electrons. The zero-order valence-corrected chi connectivity index (χ0v) is 10.9. The van der Waals surface area contributed by atoms with E-state index in [1.807, 2.05) is 12.1 Å². The van der Waals surface area contributed by atoms with Gasteiger partial charge in [0, 0.05) is 26.2 Å².